The molecule has 1 atom stereocenters. The van der Waals surface area contributed by atoms with Crippen molar-refractivity contribution in [2.24, 2.45) is 5.73 Å². The zero-order chi connectivity index (χ0) is 12.3. The van der Waals surface area contributed by atoms with Gasteiger partial charge >= 0.3 is 0 Å². The lowest BCUT2D eigenvalue weighted by molar-refractivity contribution is 0.655. The Morgan fingerprint density at radius 1 is 1.41 bits per heavy atom. The molecular formula is C14H19N3. The first-order chi connectivity index (χ1) is 8.19. The minimum Gasteiger partial charge on any atom is -0.324 e. The van der Waals surface area contributed by atoms with Gasteiger partial charge in [0, 0.05) is 24.3 Å². The van der Waals surface area contributed by atoms with Crippen molar-refractivity contribution in [1.82, 2.24) is 9.78 Å². The van der Waals surface area contributed by atoms with Gasteiger partial charge in [-0.15, -0.1) is 0 Å². The standard InChI is InChI=1S/C14H19N3/c1-3-17-10-13(9-16-17)14(15)8-12-6-4-5-11(2)7-12/h4-7,9-10,14H,3,8,15H2,1-2H3. The lowest BCUT2D eigenvalue weighted by atomic mass is 10.0. The molecule has 3 nitrogen and oxygen atoms in total. The fourth-order valence-electron chi connectivity index (χ4n) is 1.95. The first-order valence-corrected chi connectivity index (χ1v) is 6.02. The molecule has 0 fully saturated rings. The monoisotopic (exact) mass is 229 g/mol. The van der Waals surface area contributed by atoms with Crippen LogP contribution in [-0.2, 0) is 13.0 Å². The summed E-state index contributed by atoms with van der Waals surface area (Å²) in [7, 11) is 0. The molecule has 2 aromatic rings. The molecule has 0 bridgehead atoms. The van der Waals surface area contributed by atoms with Crippen LogP contribution in [0.4, 0.5) is 0 Å². The van der Waals surface area contributed by atoms with Crippen molar-refractivity contribution in [3.05, 3.63) is 53.3 Å². The summed E-state index contributed by atoms with van der Waals surface area (Å²) in [6.45, 7) is 5.06. The molecular weight excluding hydrogens is 210 g/mol. The van der Waals surface area contributed by atoms with Gasteiger partial charge in [0.05, 0.1) is 6.20 Å². The summed E-state index contributed by atoms with van der Waals surface area (Å²) in [6, 6.07) is 8.51. The molecule has 2 rings (SSSR count). The minimum atomic E-state index is 0.0251. The van der Waals surface area contributed by atoms with Gasteiger partial charge in [-0.25, -0.2) is 0 Å². The maximum absolute atomic E-state index is 6.19. The summed E-state index contributed by atoms with van der Waals surface area (Å²) in [4.78, 5) is 0. The van der Waals surface area contributed by atoms with Crippen LogP contribution in [0.1, 0.15) is 29.7 Å². The number of benzene rings is 1. The largest absolute Gasteiger partial charge is 0.324 e. The van der Waals surface area contributed by atoms with Crippen LogP contribution >= 0.6 is 0 Å². The van der Waals surface area contributed by atoms with Gasteiger partial charge in [0.15, 0.2) is 0 Å². The van der Waals surface area contributed by atoms with E-state index in [1.165, 1.54) is 11.1 Å². The highest BCUT2D eigenvalue weighted by Crippen LogP contribution is 2.16. The van der Waals surface area contributed by atoms with Gasteiger partial charge in [0.1, 0.15) is 0 Å². The fourth-order valence-corrected chi connectivity index (χ4v) is 1.95. The molecule has 0 radical (unpaired) electrons. The Balaban J connectivity index is 2.08. The normalized spacial score (nSPS) is 12.6. The van der Waals surface area contributed by atoms with Crippen LogP contribution in [0.3, 0.4) is 0 Å². The third-order valence-corrected chi connectivity index (χ3v) is 2.94. The van der Waals surface area contributed by atoms with Crippen molar-refractivity contribution in [1.29, 1.82) is 0 Å². The number of nitrogens with two attached hydrogens (primary N) is 1. The fraction of sp³-hybridized carbons (Fsp3) is 0.357. The van der Waals surface area contributed by atoms with Gasteiger partial charge in [-0.2, -0.15) is 5.10 Å². The maximum atomic E-state index is 6.19. The van der Waals surface area contributed by atoms with Crippen LogP contribution in [0.5, 0.6) is 0 Å². The van der Waals surface area contributed by atoms with Crippen LogP contribution in [0, 0.1) is 6.92 Å². The highest BCUT2D eigenvalue weighted by atomic mass is 15.3. The molecule has 1 unspecified atom stereocenters. The first-order valence-electron chi connectivity index (χ1n) is 6.02. The predicted molar refractivity (Wildman–Crippen MR) is 69.7 cm³/mol. The van der Waals surface area contributed by atoms with E-state index in [1.807, 2.05) is 17.1 Å². The summed E-state index contributed by atoms with van der Waals surface area (Å²) in [5.74, 6) is 0. The van der Waals surface area contributed by atoms with E-state index in [2.05, 4.69) is 43.2 Å². The topological polar surface area (TPSA) is 43.8 Å². The number of rotatable bonds is 4. The number of aryl methyl sites for hydroxylation is 2. The van der Waals surface area contributed by atoms with Gasteiger partial charge in [0.25, 0.3) is 0 Å². The van der Waals surface area contributed by atoms with Gasteiger partial charge in [-0.3, -0.25) is 4.68 Å². The Kier molecular flexibility index (Phi) is 3.59. The number of aromatic nitrogens is 2. The highest BCUT2D eigenvalue weighted by Gasteiger charge is 2.09. The average Bonchev–Trinajstić information content (AvgIpc) is 2.77. The zero-order valence-corrected chi connectivity index (χ0v) is 10.4. The third-order valence-electron chi connectivity index (χ3n) is 2.94. The molecule has 1 aromatic heterocycles. The van der Waals surface area contributed by atoms with E-state index < -0.39 is 0 Å². The Labute approximate surface area is 102 Å². The first kappa shape index (κ1) is 11.9. The Bertz CT molecular complexity index is 488. The van der Waals surface area contributed by atoms with E-state index in [9.17, 15) is 0 Å². The van der Waals surface area contributed by atoms with Crippen molar-refractivity contribution >= 4 is 0 Å². The predicted octanol–water partition coefficient (Wildman–Crippen LogP) is 2.45. The summed E-state index contributed by atoms with van der Waals surface area (Å²) >= 11 is 0. The highest BCUT2D eigenvalue weighted by molar-refractivity contribution is 5.24. The van der Waals surface area contributed by atoms with Crippen LogP contribution < -0.4 is 5.73 Å². The molecule has 3 heteroatoms. The van der Waals surface area contributed by atoms with Gasteiger partial charge in [-0.1, -0.05) is 29.8 Å². The molecule has 2 N–H and O–H groups in total. The maximum Gasteiger partial charge on any atom is 0.0537 e. The second-order valence-corrected chi connectivity index (χ2v) is 4.43. The summed E-state index contributed by atoms with van der Waals surface area (Å²) < 4.78 is 1.91. The lowest BCUT2D eigenvalue weighted by Crippen LogP contribution is -2.12. The summed E-state index contributed by atoms with van der Waals surface area (Å²) in [5.41, 5.74) is 9.85. The quantitative estimate of drug-likeness (QED) is 0.875. The van der Waals surface area contributed by atoms with E-state index in [1.54, 1.807) is 0 Å². The van der Waals surface area contributed by atoms with E-state index in [0.717, 1.165) is 18.5 Å². The molecule has 0 saturated heterocycles. The lowest BCUT2D eigenvalue weighted by Gasteiger charge is -2.09. The molecule has 0 aliphatic heterocycles. The second-order valence-electron chi connectivity index (χ2n) is 4.43. The molecule has 0 saturated carbocycles. The molecule has 1 heterocycles. The number of hydrogen-bond donors (Lipinski definition) is 1. The number of hydrogen-bond acceptors (Lipinski definition) is 2. The van der Waals surface area contributed by atoms with Gasteiger partial charge < -0.3 is 5.73 Å². The molecule has 1 aromatic carbocycles. The van der Waals surface area contributed by atoms with E-state index >= 15 is 0 Å². The SMILES string of the molecule is CCn1cc(C(N)Cc2cccc(C)c2)cn1. The van der Waals surface area contributed by atoms with Crippen LogP contribution in [-0.4, -0.2) is 9.78 Å². The molecule has 0 aliphatic carbocycles. The second kappa shape index (κ2) is 5.15. The number of nitrogens with zero attached hydrogens (tertiary/aromatic N) is 2. The van der Waals surface area contributed by atoms with Crippen molar-refractivity contribution in [3.8, 4) is 0 Å². The van der Waals surface area contributed by atoms with Crippen molar-refractivity contribution < 1.29 is 0 Å². The van der Waals surface area contributed by atoms with Crippen LogP contribution in [0.15, 0.2) is 36.7 Å². The molecule has 0 amide bonds. The van der Waals surface area contributed by atoms with E-state index in [0.29, 0.717) is 0 Å². The van der Waals surface area contributed by atoms with E-state index in [-0.39, 0.29) is 6.04 Å². The van der Waals surface area contributed by atoms with Gasteiger partial charge in [0.2, 0.25) is 0 Å². The Morgan fingerprint density at radius 2 is 2.24 bits per heavy atom. The average molecular weight is 229 g/mol. The Morgan fingerprint density at radius 3 is 2.88 bits per heavy atom. The van der Waals surface area contributed by atoms with Crippen LogP contribution in [0.25, 0.3) is 0 Å². The van der Waals surface area contributed by atoms with Crippen molar-refractivity contribution in [2.45, 2.75) is 32.9 Å². The molecule has 90 valence electrons. The molecule has 0 spiro atoms. The van der Waals surface area contributed by atoms with Crippen molar-refractivity contribution in [3.63, 3.8) is 0 Å². The van der Waals surface area contributed by atoms with Gasteiger partial charge in [-0.05, 0) is 25.8 Å². The molecule has 0 aliphatic rings. The zero-order valence-electron chi connectivity index (χ0n) is 10.4. The van der Waals surface area contributed by atoms with Crippen molar-refractivity contribution in [2.75, 3.05) is 0 Å². The Hall–Kier alpha value is -1.61. The molecule has 17 heavy (non-hydrogen) atoms. The smallest absolute Gasteiger partial charge is 0.0537 e. The summed E-state index contributed by atoms with van der Waals surface area (Å²) in [5, 5.41) is 4.25. The summed E-state index contributed by atoms with van der Waals surface area (Å²) in [6.07, 6.45) is 4.75. The third kappa shape index (κ3) is 2.94. The van der Waals surface area contributed by atoms with Crippen LogP contribution in [0.2, 0.25) is 0 Å². The minimum absolute atomic E-state index is 0.0251. The van der Waals surface area contributed by atoms with E-state index in [4.69, 9.17) is 5.73 Å².